The van der Waals surface area contributed by atoms with Crippen molar-refractivity contribution in [2.24, 2.45) is 7.05 Å². The molecule has 0 unspecified atom stereocenters. The first-order valence-electron chi connectivity index (χ1n) is 6.09. The summed E-state index contributed by atoms with van der Waals surface area (Å²) in [5, 5.41) is 3.52. The van der Waals surface area contributed by atoms with Crippen LogP contribution in [0, 0.1) is 0 Å². The second-order valence-corrected chi connectivity index (χ2v) is 4.06. The highest BCUT2D eigenvalue weighted by Crippen LogP contribution is 2.36. The number of aromatic nitrogens is 2. The lowest BCUT2D eigenvalue weighted by molar-refractivity contribution is -0.141. The molecule has 0 radical (unpaired) electrons. The van der Waals surface area contributed by atoms with Crippen LogP contribution >= 0.6 is 0 Å². The molecule has 1 fully saturated rings. The molecule has 0 amide bonds. The first-order chi connectivity index (χ1) is 7.98. The molecule has 0 bridgehead atoms. The number of alkyl halides is 3. The molecule has 0 aromatic carbocycles. The molecule has 0 atom stereocenters. The predicted octanol–water partition coefficient (Wildman–Crippen LogP) is 4.12. The predicted molar refractivity (Wildman–Crippen MR) is 60.8 cm³/mol. The Hall–Kier alpha value is -1.00. The monoisotopic (exact) mass is 248 g/mol. The maximum atomic E-state index is 12.4. The Bertz CT molecular complexity index is 349. The fraction of sp³-hybridized carbons (Fsp3) is 0.750. The lowest BCUT2D eigenvalue weighted by atomic mass is 10.0. The van der Waals surface area contributed by atoms with Crippen molar-refractivity contribution < 1.29 is 13.2 Å². The van der Waals surface area contributed by atoms with Gasteiger partial charge in [-0.2, -0.15) is 18.3 Å². The maximum Gasteiger partial charge on any atom is 0.435 e. The second kappa shape index (κ2) is 5.56. The minimum absolute atomic E-state index is 0.263. The van der Waals surface area contributed by atoms with Gasteiger partial charge in [-0.05, 0) is 18.9 Å². The summed E-state index contributed by atoms with van der Waals surface area (Å²) in [5.41, 5.74) is -0.0493. The molecule has 5 heteroatoms. The van der Waals surface area contributed by atoms with E-state index >= 15 is 0 Å². The molecular formula is C12H19F3N2. The van der Waals surface area contributed by atoms with Crippen molar-refractivity contribution >= 4 is 0 Å². The zero-order valence-electron chi connectivity index (χ0n) is 10.5. The Kier molecular flexibility index (Phi) is 4.60. The summed E-state index contributed by atoms with van der Waals surface area (Å²) < 4.78 is 38.6. The molecule has 1 aliphatic carbocycles. The zero-order chi connectivity index (χ0) is 13.1. The van der Waals surface area contributed by atoms with E-state index in [0.29, 0.717) is 0 Å². The Labute approximate surface area is 99.8 Å². The highest BCUT2D eigenvalue weighted by atomic mass is 19.4. The van der Waals surface area contributed by atoms with Crippen LogP contribution in [0.3, 0.4) is 0 Å². The third-order valence-electron chi connectivity index (χ3n) is 2.98. The van der Waals surface area contributed by atoms with Gasteiger partial charge in [-0.1, -0.05) is 26.7 Å². The van der Waals surface area contributed by atoms with Gasteiger partial charge in [0.2, 0.25) is 0 Å². The molecule has 1 aromatic heterocycles. The van der Waals surface area contributed by atoms with Crippen molar-refractivity contribution in [2.75, 3.05) is 0 Å². The van der Waals surface area contributed by atoms with E-state index in [1.807, 2.05) is 13.8 Å². The van der Waals surface area contributed by atoms with Gasteiger partial charge in [0.1, 0.15) is 0 Å². The molecule has 98 valence electrons. The number of nitrogens with zero attached hydrogens (tertiary/aromatic N) is 2. The van der Waals surface area contributed by atoms with Crippen molar-refractivity contribution in [3.8, 4) is 0 Å². The fourth-order valence-electron chi connectivity index (χ4n) is 2.22. The zero-order valence-corrected chi connectivity index (χ0v) is 10.5. The van der Waals surface area contributed by atoms with E-state index in [4.69, 9.17) is 0 Å². The van der Waals surface area contributed by atoms with Crippen LogP contribution < -0.4 is 0 Å². The van der Waals surface area contributed by atoms with Gasteiger partial charge in [-0.25, -0.2) is 0 Å². The van der Waals surface area contributed by atoms with E-state index in [1.165, 1.54) is 10.7 Å². The van der Waals surface area contributed by atoms with Crippen LogP contribution in [0.2, 0.25) is 0 Å². The molecular weight excluding hydrogens is 229 g/mol. The van der Waals surface area contributed by atoms with Crippen LogP contribution in [-0.2, 0) is 13.2 Å². The third-order valence-corrected chi connectivity index (χ3v) is 2.98. The third kappa shape index (κ3) is 3.23. The molecule has 0 spiro atoms. The van der Waals surface area contributed by atoms with E-state index in [9.17, 15) is 13.2 Å². The topological polar surface area (TPSA) is 17.8 Å². The SMILES string of the molecule is CC.Cn1nc(C(F)(F)F)cc1C1CCCC1. The standard InChI is InChI=1S/C10H13F3N2.C2H6/c1-15-8(7-4-2-3-5-7)6-9(14-15)10(11,12)13;1-2/h6-7H,2-5H2,1H3;1-2H3. The average Bonchev–Trinajstić information content (AvgIpc) is 2.87. The Morgan fingerprint density at radius 3 is 2.18 bits per heavy atom. The van der Waals surface area contributed by atoms with Crippen molar-refractivity contribution in [3.05, 3.63) is 17.5 Å². The lowest BCUT2D eigenvalue weighted by Crippen LogP contribution is -2.06. The highest BCUT2D eigenvalue weighted by Gasteiger charge is 2.35. The molecule has 0 saturated heterocycles. The molecule has 17 heavy (non-hydrogen) atoms. The van der Waals surface area contributed by atoms with Gasteiger partial charge in [-0.15, -0.1) is 0 Å². The molecule has 1 aromatic rings. The summed E-state index contributed by atoms with van der Waals surface area (Å²) in [6, 6.07) is 1.19. The van der Waals surface area contributed by atoms with Gasteiger partial charge < -0.3 is 0 Å². The Morgan fingerprint density at radius 2 is 1.76 bits per heavy atom. The molecule has 2 rings (SSSR count). The summed E-state index contributed by atoms with van der Waals surface area (Å²) in [6.45, 7) is 4.00. The fourth-order valence-corrected chi connectivity index (χ4v) is 2.22. The Morgan fingerprint density at radius 1 is 1.24 bits per heavy atom. The van der Waals surface area contributed by atoms with Gasteiger partial charge in [0.15, 0.2) is 5.69 Å². The Balaban J connectivity index is 0.000000686. The van der Waals surface area contributed by atoms with Crippen LogP contribution in [0.4, 0.5) is 13.2 Å². The normalized spacial score (nSPS) is 16.8. The summed E-state index contributed by atoms with van der Waals surface area (Å²) in [5.74, 6) is 0.263. The first-order valence-corrected chi connectivity index (χ1v) is 6.09. The van der Waals surface area contributed by atoms with Gasteiger partial charge in [-0.3, -0.25) is 4.68 Å². The largest absolute Gasteiger partial charge is 0.435 e. The van der Waals surface area contributed by atoms with Crippen molar-refractivity contribution in [1.82, 2.24) is 9.78 Å². The molecule has 1 aliphatic rings. The van der Waals surface area contributed by atoms with E-state index in [0.717, 1.165) is 31.4 Å². The molecule has 0 aliphatic heterocycles. The van der Waals surface area contributed by atoms with Gasteiger partial charge in [0.25, 0.3) is 0 Å². The minimum atomic E-state index is -4.32. The van der Waals surface area contributed by atoms with Crippen LogP contribution in [0.25, 0.3) is 0 Å². The summed E-state index contributed by atoms with van der Waals surface area (Å²) in [6.07, 6.45) is -0.142. The molecule has 1 heterocycles. The number of hydrogen-bond acceptors (Lipinski definition) is 1. The van der Waals surface area contributed by atoms with Crippen LogP contribution in [-0.4, -0.2) is 9.78 Å². The minimum Gasteiger partial charge on any atom is -0.272 e. The number of rotatable bonds is 1. The summed E-state index contributed by atoms with van der Waals surface area (Å²) in [7, 11) is 1.59. The van der Waals surface area contributed by atoms with Crippen molar-refractivity contribution in [1.29, 1.82) is 0 Å². The van der Waals surface area contributed by atoms with Crippen molar-refractivity contribution in [2.45, 2.75) is 51.6 Å². The van der Waals surface area contributed by atoms with E-state index in [-0.39, 0.29) is 5.92 Å². The lowest BCUT2D eigenvalue weighted by Gasteiger charge is -2.07. The van der Waals surface area contributed by atoms with Crippen LogP contribution in [0.1, 0.15) is 56.8 Å². The number of halogens is 3. The molecule has 1 saturated carbocycles. The van der Waals surface area contributed by atoms with E-state index in [1.54, 1.807) is 7.05 Å². The molecule has 2 nitrogen and oxygen atoms in total. The van der Waals surface area contributed by atoms with Gasteiger partial charge >= 0.3 is 6.18 Å². The van der Waals surface area contributed by atoms with Gasteiger partial charge in [0, 0.05) is 18.7 Å². The van der Waals surface area contributed by atoms with Crippen LogP contribution in [0.5, 0.6) is 0 Å². The van der Waals surface area contributed by atoms with E-state index < -0.39 is 11.9 Å². The highest BCUT2D eigenvalue weighted by molar-refractivity contribution is 5.17. The van der Waals surface area contributed by atoms with Crippen molar-refractivity contribution in [3.63, 3.8) is 0 Å². The summed E-state index contributed by atoms with van der Waals surface area (Å²) >= 11 is 0. The maximum absolute atomic E-state index is 12.4. The van der Waals surface area contributed by atoms with Gasteiger partial charge in [0.05, 0.1) is 0 Å². The quantitative estimate of drug-likeness (QED) is 0.731. The van der Waals surface area contributed by atoms with E-state index in [2.05, 4.69) is 5.10 Å². The first kappa shape index (κ1) is 14.1. The number of hydrogen-bond donors (Lipinski definition) is 0. The smallest absolute Gasteiger partial charge is 0.272 e. The summed E-state index contributed by atoms with van der Waals surface area (Å²) in [4.78, 5) is 0. The van der Waals surface area contributed by atoms with Crippen LogP contribution in [0.15, 0.2) is 6.07 Å². The second-order valence-electron chi connectivity index (χ2n) is 4.06. The average molecular weight is 248 g/mol. The number of aryl methyl sites for hydroxylation is 1. The molecule has 0 N–H and O–H groups in total.